The van der Waals surface area contributed by atoms with E-state index in [1.54, 1.807) is 0 Å². The minimum atomic E-state index is -0.386. The van der Waals surface area contributed by atoms with Crippen LogP contribution in [0, 0.1) is 0 Å². The maximum atomic E-state index is 11.7. The molecule has 0 saturated carbocycles. The topological polar surface area (TPSA) is 49.4 Å². The Balaban J connectivity index is 2.03. The molecule has 1 aliphatic heterocycles. The number of imide groups is 1. The Morgan fingerprint density at radius 3 is 2.47 bits per heavy atom. The molecule has 1 aromatic carbocycles. The van der Waals surface area contributed by atoms with Crippen LogP contribution in [-0.2, 0) is 9.59 Å². The van der Waals surface area contributed by atoms with E-state index in [2.05, 4.69) is 5.32 Å². The van der Waals surface area contributed by atoms with Gasteiger partial charge >= 0.3 is 0 Å². The Labute approximate surface area is 101 Å². The summed E-state index contributed by atoms with van der Waals surface area (Å²) in [6, 6.07) is 9.55. The minimum Gasteiger partial charge on any atom is -0.299 e. The summed E-state index contributed by atoms with van der Waals surface area (Å²) < 4.78 is 0. The molecule has 2 rings (SSSR count). The van der Waals surface area contributed by atoms with E-state index < -0.39 is 0 Å². The van der Waals surface area contributed by atoms with Gasteiger partial charge in [0.1, 0.15) is 0 Å². The average molecular weight is 232 g/mol. The van der Waals surface area contributed by atoms with Gasteiger partial charge in [-0.2, -0.15) is 0 Å². The predicted molar refractivity (Wildman–Crippen MR) is 64.2 cm³/mol. The van der Waals surface area contributed by atoms with Crippen LogP contribution in [-0.4, -0.2) is 29.8 Å². The molecular weight excluding hydrogens is 216 g/mol. The van der Waals surface area contributed by atoms with Crippen molar-refractivity contribution in [1.29, 1.82) is 0 Å². The number of rotatable bonds is 3. The smallest absolute Gasteiger partial charge is 0.246 e. The molecule has 1 heterocycles. The fraction of sp³-hybridized carbons (Fsp3) is 0.385. The maximum absolute atomic E-state index is 11.7. The van der Waals surface area contributed by atoms with Gasteiger partial charge < -0.3 is 0 Å². The monoisotopic (exact) mass is 232 g/mol. The number of likely N-dealkylation sites (tertiary alicyclic amines) is 1. The van der Waals surface area contributed by atoms with Gasteiger partial charge in [-0.15, -0.1) is 0 Å². The third kappa shape index (κ3) is 2.36. The van der Waals surface area contributed by atoms with Gasteiger partial charge in [0.15, 0.2) is 0 Å². The summed E-state index contributed by atoms with van der Waals surface area (Å²) in [6.45, 7) is 1.99. The van der Waals surface area contributed by atoms with E-state index >= 15 is 0 Å². The van der Waals surface area contributed by atoms with Gasteiger partial charge in [-0.05, 0) is 12.5 Å². The zero-order valence-electron chi connectivity index (χ0n) is 10.0. The number of carbonyl (C=O) groups is 2. The standard InChI is InChI=1S/C13H16N2O2/c1-9(10-6-4-3-5-7-10)14-11-8-12(16)15(2)13(11)17/h3-7,9,11,14H,8H2,1-2H3/t9-,11+/m0/s1. The summed E-state index contributed by atoms with van der Waals surface area (Å²) in [4.78, 5) is 24.3. The van der Waals surface area contributed by atoms with E-state index in [1.165, 1.54) is 11.9 Å². The second kappa shape index (κ2) is 4.67. The van der Waals surface area contributed by atoms with Crippen LogP contribution in [0.25, 0.3) is 0 Å². The highest BCUT2D eigenvalue weighted by atomic mass is 16.2. The minimum absolute atomic E-state index is 0.0597. The molecule has 0 spiro atoms. The highest BCUT2D eigenvalue weighted by molar-refractivity contribution is 6.05. The van der Waals surface area contributed by atoms with Gasteiger partial charge in [-0.1, -0.05) is 30.3 Å². The van der Waals surface area contributed by atoms with Crippen LogP contribution in [0.2, 0.25) is 0 Å². The number of benzene rings is 1. The quantitative estimate of drug-likeness (QED) is 0.794. The largest absolute Gasteiger partial charge is 0.299 e. The number of carbonyl (C=O) groups excluding carboxylic acids is 2. The molecule has 2 atom stereocenters. The molecule has 0 bridgehead atoms. The molecule has 4 heteroatoms. The summed E-state index contributed by atoms with van der Waals surface area (Å²) in [5, 5.41) is 3.19. The molecule has 4 nitrogen and oxygen atoms in total. The molecule has 0 aliphatic carbocycles. The van der Waals surface area contributed by atoms with Crippen molar-refractivity contribution < 1.29 is 9.59 Å². The molecule has 17 heavy (non-hydrogen) atoms. The number of amides is 2. The summed E-state index contributed by atoms with van der Waals surface area (Å²) >= 11 is 0. The number of nitrogens with one attached hydrogen (secondary N) is 1. The number of hydrogen-bond donors (Lipinski definition) is 1. The van der Waals surface area contributed by atoms with Crippen LogP contribution in [0.1, 0.15) is 24.9 Å². The van der Waals surface area contributed by atoms with Gasteiger partial charge in [0.2, 0.25) is 11.8 Å². The lowest BCUT2D eigenvalue weighted by atomic mass is 10.1. The van der Waals surface area contributed by atoms with Crippen molar-refractivity contribution in [3.05, 3.63) is 35.9 Å². The Bertz CT molecular complexity index is 430. The molecule has 2 amide bonds. The fourth-order valence-corrected chi connectivity index (χ4v) is 2.03. The Morgan fingerprint density at radius 1 is 1.29 bits per heavy atom. The normalized spacial score (nSPS) is 22.0. The van der Waals surface area contributed by atoms with Crippen LogP contribution in [0.4, 0.5) is 0 Å². The van der Waals surface area contributed by atoms with Gasteiger partial charge in [-0.25, -0.2) is 0 Å². The van der Waals surface area contributed by atoms with Crippen molar-refractivity contribution in [1.82, 2.24) is 10.2 Å². The third-order valence-corrected chi connectivity index (χ3v) is 3.13. The zero-order chi connectivity index (χ0) is 12.4. The molecule has 1 saturated heterocycles. The van der Waals surface area contributed by atoms with Crippen molar-refractivity contribution in [2.24, 2.45) is 0 Å². The molecule has 90 valence electrons. The number of hydrogen-bond acceptors (Lipinski definition) is 3. The van der Waals surface area contributed by atoms with E-state index in [0.29, 0.717) is 0 Å². The molecule has 1 aromatic rings. The first kappa shape index (κ1) is 11.8. The van der Waals surface area contributed by atoms with E-state index in [1.807, 2.05) is 37.3 Å². The highest BCUT2D eigenvalue weighted by Gasteiger charge is 2.36. The molecule has 1 fully saturated rings. The van der Waals surface area contributed by atoms with E-state index in [9.17, 15) is 9.59 Å². The first-order valence-corrected chi connectivity index (χ1v) is 5.71. The van der Waals surface area contributed by atoms with Crippen LogP contribution in [0.3, 0.4) is 0 Å². The average Bonchev–Trinajstić information content (AvgIpc) is 2.58. The second-order valence-corrected chi connectivity index (χ2v) is 4.35. The molecule has 1 aliphatic rings. The van der Waals surface area contributed by atoms with Gasteiger partial charge in [0.05, 0.1) is 12.5 Å². The van der Waals surface area contributed by atoms with Crippen molar-refractivity contribution >= 4 is 11.8 Å². The van der Waals surface area contributed by atoms with E-state index in [4.69, 9.17) is 0 Å². The second-order valence-electron chi connectivity index (χ2n) is 4.35. The van der Waals surface area contributed by atoms with Crippen molar-refractivity contribution in [2.45, 2.75) is 25.4 Å². The molecule has 0 radical (unpaired) electrons. The first-order chi connectivity index (χ1) is 8.09. The first-order valence-electron chi connectivity index (χ1n) is 5.71. The van der Waals surface area contributed by atoms with Crippen LogP contribution >= 0.6 is 0 Å². The SMILES string of the molecule is C[C@H](N[C@@H]1CC(=O)N(C)C1=O)c1ccccc1. The van der Waals surface area contributed by atoms with Crippen LogP contribution in [0.5, 0.6) is 0 Å². The zero-order valence-corrected chi connectivity index (χ0v) is 10.0. The summed E-state index contributed by atoms with van der Waals surface area (Å²) in [5.74, 6) is -0.259. The summed E-state index contributed by atoms with van der Waals surface area (Å²) in [7, 11) is 1.53. The number of likely N-dealkylation sites (N-methyl/N-ethyl adjacent to an activating group) is 1. The maximum Gasteiger partial charge on any atom is 0.246 e. The fourth-order valence-electron chi connectivity index (χ4n) is 2.03. The molecule has 0 aromatic heterocycles. The van der Waals surface area contributed by atoms with Crippen molar-refractivity contribution in [3.8, 4) is 0 Å². The summed E-state index contributed by atoms with van der Waals surface area (Å²) in [5.41, 5.74) is 1.11. The lowest BCUT2D eigenvalue weighted by Crippen LogP contribution is -2.38. The lowest BCUT2D eigenvalue weighted by Gasteiger charge is -2.18. The lowest BCUT2D eigenvalue weighted by molar-refractivity contribution is -0.137. The van der Waals surface area contributed by atoms with Gasteiger partial charge in [0, 0.05) is 13.1 Å². The molecular formula is C13H16N2O2. The molecule has 1 N–H and O–H groups in total. The van der Waals surface area contributed by atoms with Gasteiger partial charge in [-0.3, -0.25) is 19.8 Å². The number of nitrogens with zero attached hydrogens (tertiary/aromatic N) is 1. The Kier molecular flexibility index (Phi) is 3.24. The van der Waals surface area contributed by atoms with E-state index in [0.717, 1.165) is 5.56 Å². The predicted octanol–water partition coefficient (Wildman–Crippen LogP) is 1.09. The molecule has 0 unspecified atom stereocenters. The van der Waals surface area contributed by atoms with E-state index in [-0.39, 0.29) is 30.3 Å². The van der Waals surface area contributed by atoms with Crippen molar-refractivity contribution in [3.63, 3.8) is 0 Å². The third-order valence-electron chi connectivity index (χ3n) is 3.13. The van der Waals surface area contributed by atoms with Crippen LogP contribution in [0.15, 0.2) is 30.3 Å². The van der Waals surface area contributed by atoms with Crippen LogP contribution < -0.4 is 5.32 Å². The van der Waals surface area contributed by atoms with Gasteiger partial charge in [0.25, 0.3) is 0 Å². The summed E-state index contributed by atoms with van der Waals surface area (Å²) in [6.07, 6.45) is 0.256. The highest BCUT2D eigenvalue weighted by Crippen LogP contribution is 2.17. The Hall–Kier alpha value is -1.68. The van der Waals surface area contributed by atoms with Crippen molar-refractivity contribution in [2.75, 3.05) is 7.05 Å². The Morgan fingerprint density at radius 2 is 1.94 bits per heavy atom.